The number of pyridine rings is 1. The Morgan fingerprint density at radius 2 is 2.20 bits per heavy atom. The molecule has 1 aliphatic rings. The molecule has 126 valence electrons. The van der Waals surface area contributed by atoms with Gasteiger partial charge in [-0.15, -0.1) is 21.5 Å². The average molecular weight is 353 g/mol. The van der Waals surface area contributed by atoms with Crippen LogP contribution >= 0.6 is 11.3 Å². The molecule has 3 aromatic rings. The van der Waals surface area contributed by atoms with Crippen molar-refractivity contribution in [2.45, 2.75) is 6.42 Å². The lowest BCUT2D eigenvalue weighted by atomic mass is 10.1. The molecule has 0 saturated heterocycles. The normalized spacial score (nSPS) is 15.3. The van der Waals surface area contributed by atoms with E-state index in [0.717, 1.165) is 34.1 Å². The Balaban J connectivity index is 1.74. The molecule has 0 atom stereocenters. The maximum Gasteiger partial charge on any atom is 0.194 e. The molecule has 1 aliphatic heterocycles. The van der Waals surface area contributed by atoms with Gasteiger partial charge in [0, 0.05) is 44.2 Å². The highest BCUT2D eigenvalue weighted by Gasteiger charge is 2.25. The number of nitrogens with zero attached hydrogens (tertiary/aromatic N) is 7. The van der Waals surface area contributed by atoms with E-state index in [2.05, 4.69) is 30.3 Å². The second-order valence-corrected chi connectivity index (χ2v) is 6.50. The van der Waals surface area contributed by atoms with Gasteiger partial charge >= 0.3 is 0 Å². The molecule has 0 spiro atoms. The fraction of sp³-hybridized carbons (Fsp3) is 0.250. The summed E-state index contributed by atoms with van der Waals surface area (Å²) >= 11 is 1.50. The number of anilines is 1. The molecular weight excluding hydrogens is 338 g/mol. The molecule has 0 amide bonds. The summed E-state index contributed by atoms with van der Waals surface area (Å²) in [6, 6.07) is 3.86. The molecule has 25 heavy (non-hydrogen) atoms. The SMILES string of the molecule is CO/N=C1\CCN(C)c2nnc(-c3cnc(-c4cccnc4)s3)nc21. The predicted molar refractivity (Wildman–Crippen MR) is 95.6 cm³/mol. The van der Waals surface area contributed by atoms with Gasteiger partial charge in [-0.05, 0) is 12.1 Å². The quantitative estimate of drug-likeness (QED) is 0.667. The number of hydrogen-bond acceptors (Lipinski definition) is 9. The second kappa shape index (κ2) is 6.52. The molecule has 4 heterocycles. The Bertz CT molecular complexity index is 925. The molecular formula is C16H15N7OS. The molecule has 0 fully saturated rings. The maximum atomic E-state index is 4.95. The van der Waals surface area contributed by atoms with Crippen molar-refractivity contribution < 1.29 is 4.84 Å². The molecule has 0 aromatic carbocycles. The van der Waals surface area contributed by atoms with Crippen molar-refractivity contribution in [1.29, 1.82) is 0 Å². The van der Waals surface area contributed by atoms with E-state index >= 15 is 0 Å². The Kier molecular flexibility index (Phi) is 4.06. The zero-order chi connectivity index (χ0) is 17.2. The largest absolute Gasteiger partial charge is 0.399 e. The molecule has 9 heteroatoms. The van der Waals surface area contributed by atoms with Gasteiger partial charge in [0.05, 0.1) is 4.88 Å². The van der Waals surface area contributed by atoms with Gasteiger partial charge in [0.1, 0.15) is 23.5 Å². The van der Waals surface area contributed by atoms with Gasteiger partial charge in [-0.2, -0.15) is 0 Å². The summed E-state index contributed by atoms with van der Waals surface area (Å²) in [6.07, 6.45) is 6.03. The summed E-state index contributed by atoms with van der Waals surface area (Å²) in [5.74, 6) is 1.24. The fourth-order valence-electron chi connectivity index (χ4n) is 2.57. The van der Waals surface area contributed by atoms with Crippen LogP contribution in [0.25, 0.3) is 21.3 Å². The van der Waals surface area contributed by atoms with E-state index < -0.39 is 0 Å². The van der Waals surface area contributed by atoms with Crippen molar-refractivity contribution in [1.82, 2.24) is 25.1 Å². The van der Waals surface area contributed by atoms with Crippen LogP contribution in [0.2, 0.25) is 0 Å². The van der Waals surface area contributed by atoms with Crippen LogP contribution in [0.4, 0.5) is 5.82 Å². The summed E-state index contributed by atoms with van der Waals surface area (Å²) in [5, 5.41) is 13.6. The van der Waals surface area contributed by atoms with Crippen molar-refractivity contribution in [2.75, 3.05) is 25.6 Å². The van der Waals surface area contributed by atoms with Gasteiger partial charge < -0.3 is 9.74 Å². The van der Waals surface area contributed by atoms with Crippen LogP contribution in [0.3, 0.4) is 0 Å². The summed E-state index contributed by atoms with van der Waals surface area (Å²) in [6.45, 7) is 0.802. The van der Waals surface area contributed by atoms with Crippen LogP contribution in [-0.4, -0.2) is 51.6 Å². The van der Waals surface area contributed by atoms with Crippen LogP contribution in [0, 0.1) is 0 Å². The second-order valence-electron chi connectivity index (χ2n) is 5.47. The van der Waals surface area contributed by atoms with E-state index in [1.54, 1.807) is 18.6 Å². The third-order valence-corrected chi connectivity index (χ3v) is 4.87. The summed E-state index contributed by atoms with van der Waals surface area (Å²) in [7, 11) is 3.50. The van der Waals surface area contributed by atoms with Gasteiger partial charge in [0.2, 0.25) is 0 Å². The average Bonchev–Trinajstić information content (AvgIpc) is 3.15. The first-order valence-electron chi connectivity index (χ1n) is 7.69. The summed E-state index contributed by atoms with van der Waals surface area (Å²) in [4.78, 5) is 21.1. The number of aromatic nitrogens is 5. The van der Waals surface area contributed by atoms with Gasteiger partial charge in [0.25, 0.3) is 0 Å². The van der Waals surface area contributed by atoms with E-state index in [-0.39, 0.29) is 0 Å². The number of rotatable bonds is 3. The van der Waals surface area contributed by atoms with Crippen molar-refractivity contribution >= 4 is 22.9 Å². The third-order valence-electron chi connectivity index (χ3n) is 3.82. The highest BCUT2D eigenvalue weighted by Crippen LogP contribution is 2.31. The van der Waals surface area contributed by atoms with E-state index in [1.165, 1.54) is 18.4 Å². The number of oxime groups is 1. The summed E-state index contributed by atoms with van der Waals surface area (Å²) in [5.41, 5.74) is 2.45. The van der Waals surface area contributed by atoms with E-state index in [1.807, 2.05) is 24.1 Å². The number of hydrogen-bond donors (Lipinski definition) is 0. The molecule has 0 unspecified atom stereocenters. The molecule has 0 N–H and O–H groups in total. The minimum atomic E-state index is 0.533. The third kappa shape index (κ3) is 2.93. The van der Waals surface area contributed by atoms with Gasteiger partial charge in [-0.1, -0.05) is 5.16 Å². The Morgan fingerprint density at radius 3 is 3.00 bits per heavy atom. The van der Waals surface area contributed by atoms with Crippen molar-refractivity contribution in [2.24, 2.45) is 5.16 Å². The maximum absolute atomic E-state index is 4.95. The lowest BCUT2D eigenvalue weighted by Gasteiger charge is -2.25. The van der Waals surface area contributed by atoms with Crippen LogP contribution in [-0.2, 0) is 4.84 Å². The lowest BCUT2D eigenvalue weighted by Crippen LogP contribution is -2.31. The zero-order valence-electron chi connectivity index (χ0n) is 13.7. The first-order chi connectivity index (χ1) is 12.3. The zero-order valence-corrected chi connectivity index (χ0v) is 14.6. The Labute approximate surface area is 148 Å². The molecule has 0 radical (unpaired) electrons. The highest BCUT2D eigenvalue weighted by molar-refractivity contribution is 7.18. The lowest BCUT2D eigenvalue weighted by molar-refractivity contribution is 0.212. The standard InChI is InChI=1S/C16H15N7OS/c1-23-7-5-11(22-24-2)13-15(23)21-20-14(19-13)12-9-18-16(25-12)10-4-3-6-17-8-10/h3-4,6,8-9H,5,7H2,1-2H3/b22-11+. The first-order valence-corrected chi connectivity index (χ1v) is 8.51. The molecule has 8 nitrogen and oxygen atoms in total. The minimum Gasteiger partial charge on any atom is -0.399 e. The molecule has 0 saturated carbocycles. The highest BCUT2D eigenvalue weighted by atomic mass is 32.1. The van der Waals surface area contributed by atoms with Crippen molar-refractivity contribution in [3.8, 4) is 21.3 Å². The van der Waals surface area contributed by atoms with Gasteiger partial charge in [-0.25, -0.2) is 9.97 Å². The van der Waals surface area contributed by atoms with Crippen LogP contribution in [0.1, 0.15) is 12.1 Å². The Hall–Kier alpha value is -2.94. The fourth-order valence-corrected chi connectivity index (χ4v) is 3.41. The number of fused-ring (bicyclic) bond motifs is 1. The van der Waals surface area contributed by atoms with Crippen LogP contribution < -0.4 is 4.90 Å². The molecule has 0 aliphatic carbocycles. The van der Waals surface area contributed by atoms with Crippen LogP contribution in [0.15, 0.2) is 35.9 Å². The topological polar surface area (TPSA) is 89.3 Å². The van der Waals surface area contributed by atoms with Gasteiger partial charge in [-0.3, -0.25) is 4.98 Å². The summed E-state index contributed by atoms with van der Waals surface area (Å²) < 4.78 is 0. The molecule has 4 rings (SSSR count). The van der Waals surface area contributed by atoms with E-state index in [9.17, 15) is 0 Å². The van der Waals surface area contributed by atoms with Crippen molar-refractivity contribution in [3.63, 3.8) is 0 Å². The predicted octanol–water partition coefficient (Wildman–Crippen LogP) is 2.25. The van der Waals surface area contributed by atoms with Crippen LogP contribution in [0.5, 0.6) is 0 Å². The smallest absolute Gasteiger partial charge is 0.194 e. The minimum absolute atomic E-state index is 0.533. The van der Waals surface area contributed by atoms with Gasteiger partial charge in [0.15, 0.2) is 11.6 Å². The molecule has 3 aromatic heterocycles. The molecule has 0 bridgehead atoms. The monoisotopic (exact) mass is 353 g/mol. The van der Waals surface area contributed by atoms with Crippen molar-refractivity contribution in [3.05, 3.63) is 36.4 Å². The Morgan fingerprint density at radius 1 is 1.28 bits per heavy atom. The van der Waals surface area contributed by atoms with E-state index in [0.29, 0.717) is 17.3 Å². The number of thiazole rings is 1. The first kappa shape index (κ1) is 15.6. The van der Waals surface area contributed by atoms with E-state index in [4.69, 9.17) is 4.84 Å².